The molecule has 0 aliphatic rings. The number of carbonyl (C=O) groups excluding carboxylic acids is 1. The number of hydrogen-bond acceptors (Lipinski definition) is 4. The standard InChI is InChI=1S/C22H21ClN2O4S/c23-21-11-5-4-9-19(21)15-24-22(26)17-25(16-20-10-6-13-29-20)30(27,28)14-12-18-7-2-1-3-8-18/h1-14H,15-17H2,(H,24,26)/b14-12+. The lowest BCUT2D eigenvalue weighted by molar-refractivity contribution is -0.121. The normalized spacial score (nSPS) is 11.8. The molecule has 1 amide bonds. The highest BCUT2D eigenvalue weighted by atomic mass is 35.5. The van der Waals surface area contributed by atoms with Crippen molar-refractivity contribution in [3.63, 3.8) is 0 Å². The number of halogens is 1. The van der Waals surface area contributed by atoms with Gasteiger partial charge in [0.05, 0.1) is 19.4 Å². The van der Waals surface area contributed by atoms with E-state index in [1.807, 2.05) is 24.3 Å². The predicted octanol–water partition coefficient (Wildman–Crippen LogP) is 4.05. The molecule has 30 heavy (non-hydrogen) atoms. The Balaban J connectivity index is 1.72. The number of hydrogen-bond donors (Lipinski definition) is 1. The summed E-state index contributed by atoms with van der Waals surface area (Å²) >= 11 is 6.10. The molecule has 1 aromatic heterocycles. The molecule has 0 bridgehead atoms. The monoisotopic (exact) mass is 444 g/mol. The van der Waals surface area contributed by atoms with E-state index in [4.69, 9.17) is 16.0 Å². The zero-order valence-electron chi connectivity index (χ0n) is 16.1. The van der Waals surface area contributed by atoms with Gasteiger partial charge in [-0.3, -0.25) is 4.79 Å². The summed E-state index contributed by atoms with van der Waals surface area (Å²) in [6.45, 7) is -0.215. The Morgan fingerprint density at radius 3 is 2.47 bits per heavy atom. The minimum Gasteiger partial charge on any atom is -0.468 e. The smallest absolute Gasteiger partial charge is 0.237 e. The van der Waals surface area contributed by atoms with E-state index in [0.29, 0.717) is 10.8 Å². The molecule has 2 aromatic carbocycles. The van der Waals surface area contributed by atoms with Crippen molar-refractivity contribution in [2.75, 3.05) is 6.54 Å². The first kappa shape index (κ1) is 21.8. The molecule has 3 rings (SSSR count). The van der Waals surface area contributed by atoms with Gasteiger partial charge in [-0.25, -0.2) is 8.42 Å². The second kappa shape index (κ2) is 10.2. The van der Waals surface area contributed by atoms with Crippen molar-refractivity contribution in [1.29, 1.82) is 0 Å². The van der Waals surface area contributed by atoms with Gasteiger partial charge < -0.3 is 9.73 Å². The molecule has 8 heteroatoms. The summed E-state index contributed by atoms with van der Waals surface area (Å²) in [6.07, 6.45) is 2.95. The number of benzene rings is 2. The van der Waals surface area contributed by atoms with Gasteiger partial charge in [-0.05, 0) is 35.4 Å². The van der Waals surface area contributed by atoms with Crippen LogP contribution in [0.15, 0.2) is 82.8 Å². The molecular weight excluding hydrogens is 424 g/mol. The van der Waals surface area contributed by atoms with Gasteiger partial charge in [0.25, 0.3) is 0 Å². The van der Waals surface area contributed by atoms with Crippen LogP contribution in [0.2, 0.25) is 5.02 Å². The molecule has 6 nitrogen and oxygen atoms in total. The average Bonchev–Trinajstić information content (AvgIpc) is 3.25. The summed E-state index contributed by atoms with van der Waals surface area (Å²) in [7, 11) is -3.88. The Kier molecular flexibility index (Phi) is 7.46. The molecule has 0 saturated carbocycles. The third-order valence-corrected chi connectivity index (χ3v) is 6.08. The average molecular weight is 445 g/mol. The van der Waals surface area contributed by atoms with E-state index in [1.165, 1.54) is 12.3 Å². The lowest BCUT2D eigenvalue weighted by atomic mass is 10.2. The van der Waals surface area contributed by atoms with Crippen LogP contribution < -0.4 is 5.32 Å². The summed E-state index contributed by atoms with van der Waals surface area (Å²) in [6, 6.07) is 19.5. The van der Waals surface area contributed by atoms with Crippen molar-refractivity contribution in [3.8, 4) is 0 Å². The molecule has 0 atom stereocenters. The van der Waals surface area contributed by atoms with Gasteiger partial charge in [-0.2, -0.15) is 4.31 Å². The molecule has 0 fully saturated rings. The summed E-state index contributed by atoms with van der Waals surface area (Å²) in [5.41, 5.74) is 1.49. The second-order valence-electron chi connectivity index (χ2n) is 6.47. The van der Waals surface area contributed by atoms with Gasteiger partial charge in [0.15, 0.2) is 0 Å². The van der Waals surface area contributed by atoms with Gasteiger partial charge in [0, 0.05) is 17.0 Å². The molecule has 0 saturated heterocycles. The summed E-state index contributed by atoms with van der Waals surface area (Å²) < 4.78 is 32.1. The van der Waals surface area contributed by atoms with Crippen molar-refractivity contribution in [2.24, 2.45) is 0 Å². The van der Waals surface area contributed by atoms with Gasteiger partial charge in [-0.1, -0.05) is 60.1 Å². The van der Waals surface area contributed by atoms with E-state index in [0.717, 1.165) is 20.8 Å². The van der Waals surface area contributed by atoms with Gasteiger partial charge in [0.1, 0.15) is 5.76 Å². The highest BCUT2D eigenvalue weighted by Crippen LogP contribution is 2.15. The molecule has 0 spiro atoms. The number of amides is 1. The van der Waals surface area contributed by atoms with Crippen LogP contribution >= 0.6 is 11.6 Å². The Bertz CT molecular complexity index is 1100. The maximum atomic E-state index is 12.9. The Hall–Kier alpha value is -2.87. The third-order valence-electron chi connectivity index (χ3n) is 4.26. The van der Waals surface area contributed by atoms with Crippen molar-refractivity contribution in [2.45, 2.75) is 13.1 Å². The van der Waals surface area contributed by atoms with Crippen LogP contribution in [0.25, 0.3) is 6.08 Å². The molecule has 1 heterocycles. The summed E-state index contributed by atoms with van der Waals surface area (Å²) in [5.74, 6) is -0.0104. The van der Waals surface area contributed by atoms with E-state index < -0.39 is 15.9 Å². The molecule has 0 aliphatic carbocycles. The Labute approximate surface area is 180 Å². The predicted molar refractivity (Wildman–Crippen MR) is 117 cm³/mol. The second-order valence-corrected chi connectivity index (χ2v) is 8.70. The maximum Gasteiger partial charge on any atom is 0.237 e. The van der Waals surface area contributed by atoms with Crippen LogP contribution in [0.5, 0.6) is 0 Å². The number of nitrogens with one attached hydrogen (secondary N) is 1. The zero-order chi connectivity index (χ0) is 21.4. The van der Waals surface area contributed by atoms with Crippen molar-refractivity contribution < 1.29 is 17.6 Å². The Morgan fingerprint density at radius 2 is 1.77 bits per heavy atom. The molecule has 0 aliphatic heterocycles. The number of furan rings is 1. The fraction of sp³-hybridized carbons (Fsp3) is 0.136. The first-order chi connectivity index (χ1) is 14.4. The van der Waals surface area contributed by atoms with Crippen LogP contribution in [0, 0.1) is 0 Å². The first-order valence-corrected chi connectivity index (χ1v) is 11.1. The molecule has 3 aromatic rings. The lowest BCUT2D eigenvalue weighted by Gasteiger charge is -2.19. The fourth-order valence-corrected chi connectivity index (χ4v) is 3.99. The van der Waals surface area contributed by atoms with Gasteiger partial charge >= 0.3 is 0 Å². The highest BCUT2D eigenvalue weighted by Gasteiger charge is 2.23. The van der Waals surface area contributed by atoms with Gasteiger partial charge in [0.2, 0.25) is 15.9 Å². The SMILES string of the molecule is O=C(CN(Cc1ccco1)S(=O)(=O)/C=C/c1ccccc1)NCc1ccccc1Cl. The van der Waals surface area contributed by atoms with E-state index in [-0.39, 0.29) is 19.6 Å². The number of sulfonamides is 1. The van der Waals surface area contributed by atoms with E-state index in [2.05, 4.69) is 5.32 Å². The molecule has 1 N–H and O–H groups in total. The fourth-order valence-electron chi connectivity index (χ4n) is 2.68. The lowest BCUT2D eigenvalue weighted by Crippen LogP contribution is -2.39. The molecular formula is C22H21ClN2O4S. The number of rotatable bonds is 9. The van der Waals surface area contributed by atoms with E-state index in [1.54, 1.807) is 42.5 Å². The number of nitrogens with zero attached hydrogens (tertiary/aromatic N) is 1. The van der Waals surface area contributed by atoms with Gasteiger partial charge in [-0.15, -0.1) is 0 Å². The minimum atomic E-state index is -3.88. The minimum absolute atomic E-state index is 0.0615. The maximum absolute atomic E-state index is 12.9. The summed E-state index contributed by atoms with van der Waals surface area (Å²) in [4.78, 5) is 12.5. The van der Waals surface area contributed by atoms with E-state index >= 15 is 0 Å². The van der Waals surface area contributed by atoms with Crippen LogP contribution in [-0.4, -0.2) is 25.2 Å². The quantitative estimate of drug-likeness (QED) is 0.540. The first-order valence-electron chi connectivity index (χ1n) is 9.20. The molecule has 0 unspecified atom stereocenters. The molecule has 0 radical (unpaired) electrons. The number of carbonyl (C=O) groups is 1. The summed E-state index contributed by atoms with van der Waals surface area (Å²) in [5, 5.41) is 4.33. The van der Waals surface area contributed by atoms with E-state index in [9.17, 15) is 13.2 Å². The largest absolute Gasteiger partial charge is 0.468 e. The van der Waals surface area contributed by atoms with Crippen molar-refractivity contribution in [3.05, 3.63) is 100 Å². The Morgan fingerprint density at radius 1 is 1.03 bits per heavy atom. The van der Waals surface area contributed by atoms with Crippen LogP contribution in [0.4, 0.5) is 0 Å². The van der Waals surface area contributed by atoms with Crippen LogP contribution in [0.3, 0.4) is 0 Å². The zero-order valence-corrected chi connectivity index (χ0v) is 17.6. The topological polar surface area (TPSA) is 79.6 Å². The van der Waals surface area contributed by atoms with Crippen LogP contribution in [-0.2, 0) is 27.9 Å². The van der Waals surface area contributed by atoms with Crippen molar-refractivity contribution >= 4 is 33.6 Å². The van der Waals surface area contributed by atoms with Crippen LogP contribution in [0.1, 0.15) is 16.9 Å². The third kappa shape index (κ3) is 6.32. The molecule has 156 valence electrons. The highest BCUT2D eigenvalue weighted by molar-refractivity contribution is 7.92. The van der Waals surface area contributed by atoms with Crippen molar-refractivity contribution in [1.82, 2.24) is 9.62 Å².